The highest BCUT2D eigenvalue weighted by Crippen LogP contribution is 2.53. The van der Waals surface area contributed by atoms with Crippen molar-refractivity contribution in [3.63, 3.8) is 0 Å². The monoisotopic (exact) mass is 726 g/mol. The lowest BCUT2D eigenvalue weighted by atomic mass is 9.81. The fourth-order valence-corrected chi connectivity index (χ4v) is 9.29. The predicted octanol–water partition coefficient (Wildman–Crippen LogP) is 14.6. The standard InChI is InChI=1S/C55H38N2/c1-55(2)48-27-15-26-46(53(48)47-32-38-21-9-10-22-39(38)33-49(47)55)51-34-50(56-54(57-51)37-19-7-4-8-20-37)44-30-31-45(43-25-14-13-24-42(43)44)52-40-23-12-11-18-36(40)28-29-41(52)35-16-5-3-6-17-35/h3-34H,1-2H3. The van der Waals surface area contributed by atoms with Gasteiger partial charge in [0.25, 0.3) is 0 Å². The van der Waals surface area contributed by atoms with Crippen molar-refractivity contribution in [3.8, 4) is 67.3 Å². The summed E-state index contributed by atoms with van der Waals surface area (Å²) in [4.78, 5) is 10.7. The third kappa shape index (κ3) is 5.33. The average Bonchev–Trinajstić information content (AvgIpc) is 3.50. The first-order valence-electron chi connectivity index (χ1n) is 19.7. The number of rotatable bonds is 5. The maximum absolute atomic E-state index is 5.37. The highest BCUT2D eigenvalue weighted by molar-refractivity contribution is 6.13. The zero-order valence-electron chi connectivity index (χ0n) is 31.9. The molecular formula is C55H38N2. The van der Waals surface area contributed by atoms with Gasteiger partial charge in [0.15, 0.2) is 5.82 Å². The Bertz CT molecular complexity index is 3200. The Labute approximate surface area is 332 Å². The van der Waals surface area contributed by atoms with E-state index in [9.17, 15) is 0 Å². The van der Waals surface area contributed by atoms with Crippen LogP contribution >= 0.6 is 0 Å². The van der Waals surface area contributed by atoms with Crippen LogP contribution in [0.5, 0.6) is 0 Å². The second kappa shape index (κ2) is 13.0. The number of hydrogen-bond acceptors (Lipinski definition) is 2. The summed E-state index contributed by atoms with van der Waals surface area (Å²) in [7, 11) is 0. The Morgan fingerprint density at radius 3 is 1.63 bits per heavy atom. The second-order valence-corrected chi connectivity index (χ2v) is 15.7. The summed E-state index contributed by atoms with van der Waals surface area (Å²) < 4.78 is 0. The number of nitrogens with zero attached hydrogens (tertiary/aromatic N) is 2. The molecule has 0 unspecified atom stereocenters. The molecule has 57 heavy (non-hydrogen) atoms. The molecule has 0 atom stereocenters. The molecule has 1 aromatic heterocycles. The van der Waals surface area contributed by atoms with Gasteiger partial charge >= 0.3 is 0 Å². The van der Waals surface area contributed by atoms with Crippen LogP contribution in [-0.2, 0) is 5.41 Å². The van der Waals surface area contributed by atoms with Gasteiger partial charge in [-0.25, -0.2) is 9.97 Å². The molecule has 0 saturated heterocycles. The highest BCUT2D eigenvalue weighted by Gasteiger charge is 2.37. The normalized spacial score (nSPS) is 12.9. The van der Waals surface area contributed by atoms with Gasteiger partial charge < -0.3 is 0 Å². The molecule has 0 N–H and O–H groups in total. The van der Waals surface area contributed by atoms with E-state index < -0.39 is 0 Å². The SMILES string of the molecule is CC1(C)c2cc3ccccc3cc2-c2c(-c3cc(-c4ccc(-c5c(-c6ccccc6)ccc6ccccc56)c5ccccc45)nc(-c4ccccc4)n3)cccc21. The Kier molecular flexibility index (Phi) is 7.55. The van der Waals surface area contributed by atoms with Crippen molar-refractivity contribution >= 4 is 32.3 Å². The van der Waals surface area contributed by atoms with Crippen LogP contribution in [0.3, 0.4) is 0 Å². The molecule has 0 bridgehead atoms. The molecular weight excluding hydrogens is 689 g/mol. The summed E-state index contributed by atoms with van der Waals surface area (Å²) in [5.74, 6) is 0.713. The van der Waals surface area contributed by atoms with Gasteiger partial charge in [0.05, 0.1) is 11.4 Å². The Hall–Kier alpha value is -7.16. The lowest BCUT2D eigenvalue weighted by Crippen LogP contribution is -2.14. The third-order valence-corrected chi connectivity index (χ3v) is 12.1. The zero-order valence-corrected chi connectivity index (χ0v) is 31.9. The van der Waals surface area contributed by atoms with Gasteiger partial charge in [0.2, 0.25) is 0 Å². The molecule has 0 fully saturated rings. The first-order chi connectivity index (χ1) is 28.0. The smallest absolute Gasteiger partial charge is 0.160 e. The van der Waals surface area contributed by atoms with E-state index in [-0.39, 0.29) is 5.41 Å². The summed E-state index contributed by atoms with van der Waals surface area (Å²) in [6, 6.07) is 70.2. The summed E-state index contributed by atoms with van der Waals surface area (Å²) in [6.45, 7) is 4.70. The minimum Gasteiger partial charge on any atom is -0.228 e. The molecule has 0 aliphatic heterocycles. The van der Waals surface area contributed by atoms with Crippen molar-refractivity contribution in [2.45, 2.75) is 19.3 Å². The van der Waals surface area contributed by atoms with Crippen LogP contribution in [0.1, 0.15) is 25.0 Å². The van der Waals surface area contributed by atoms with Crippen LogP contribution in [0.4, 0.5) is 0 Å². The molecule has 0 spiro atoms. The van der Waals surface area contributed by atoms with E-state index in [2.05, 4.69) is 202 Å². The highest BCUT2D eigenvalue weighted by atomic mass is 14.9. The van der Waals surface area contributed by atoms with E-state index in [4.69, 9.17) is 9.97 Å². The van der Waals surface area contributed by atoms with Crippen molar-refractivity contribution in [1.82, 2.24) is 9.97 Å². The molecule has 2 nitrogen and oxygen atoms in total. The number of fused-ring (bicyclic) bond motifs is 6. The lowest BCUT2D eigenvalue weighted by Gasteiger charge is -2.22. The molecule has 268 valence electrons. The molecule has 1 heterocycles. The van der Waals surface area contributed by atoms with Crippen molar-refractivity contribution in [3.05, 3.63) is 205 Å². The average molecular weight is 727 g/mol. The van der Waals surface area contributed by atoms with Gasteiger partial charge in [-0.15, -0.1) is 0 Å². The molecule has 0 radical (unpaired) electrons. The first-order valence-corrected chi connectivity index (χ1v) is 19.7. The van der Waals surface area contributed by atoms with Crippen LogP contribution < -0.4 is 0 Å². The molecule has 1 aliphatic rings. The van der Waals surface area contributed by atoms with Crippen LogP contribution in [0.2, 0.25) is 0 Å². The van der Waals surface area contributed by atoms with Crippen molar-refractivity contribution in [1.29, 1.82) is 0 Å². The number of aromatic nitrogens is 2. The van der Waals surface area contributed by atoms with Crippen molar-refractivity contribution in [2.24, 2.45) is 0 Å². The van der Waals surface area contributed by atoms with Gasteiger partial charge in [-0.05, 0) is 95.0 Å². The molecule has 9 aromatic carbocycles. The van der Waals surface area contributed by atoms with E-state index in [1.165, 1.54) is 71.4 Å². The minimum atomic E-state index is -0.158. The summed E-state index contributed by atoms with van der Waals surface area (Å²) in [5.41, 5.74) is 14.9. The first kappa shape index (κ1) is 33.2. The van der Waals surface area contributed by atoms with E-state index in [1.54, 1.807) is 0 Å². The molecule has 2 heteroatoms. The zero-order chi connectivity index (χ0) is 38.1. The van der Waals surface area contributed by atoms with E-state index in [1.807, 2.05) is 6.07 Å². The Morgan fingerprint density at radius 1 is 0.333 bits per heavy atom. The summed E-state index contributed by atoms with van der Waals surface area (Å²) >= 11 is 0. The third-order valence-electron chi connectivity index (χ3n) is 12.1. The molecule has 0 amide bonds. The topological polar surface area (TPSA) is 25.8 Å². The molecule has 1 aliphatic carbocycles. The van der Waals surface area contributed by atoms with Gasteiger partial charge in [-0.1, -0.05) is 190 Å². The largest absolute Gasteiger partial charge is 0.228 e. The number of benzene rings is 9. The van der Waals surface area contributed by atoms with E-state index in [0.717, 1.165) is 33.5 Å². The quantitative estimate of drug-likeness (QED) is 0.176. The fourth-order valence-electron chi connectivity index (χ4n) is 9.29. The molecule has 10 aromatic rings. The predicted molar refractivity (Wildman–Crippen MR) is 239 cm³/mol. The van der Waals surface area contributed by atoms with Crippen LogP contribution in [0.25, 0.3) is 99.6 Å². The van der Waals surface area contributed by atoms with Crippen molar-refractivity contribution in [2.75, 3.05) is 0 Å². The summed E-state index contributed by atoms with van der Waals surface area (Å²) in [6.07, 6.45) is 0. The minimum absolute atomic E-state index is 0.158. The number of hydrogen-bond donors (Lipinski definition) is 0. The second-order valence-electron chi connectivity index (χ2n) is 15.7. The lowest BCUT2D eigenvalue weighted by molar-refractivity contribution is 0.661. The summed E-state index contributed by atoms with van der Waals surface area (Å²) in [5, 5.41) is 7.32. The van der Waals surface area contributed by atoms with Crippen LogP contribution in [0, 0.1) is 0 Å². The van der Waals surface area contributed by atoms with Crippen LogP contribution in [0.15, 0.2) is 194 Å². The maximum atomic E-state index is 5.37. The van der Waals surface area contributed by atoms with Gasteiger partial charge in [0.1, 0.15) is 0 Å². The Morgan fingerprint density at radius 2 is 0.895 bits per heavy atom. The van der Waals surface area contributed by atoms with Crippen LogP contribution in [-0.4, -0.2) is 9.97 Å². The van der Waals surface area contributed by atoms with Crippen molar-refractivity contribution < 1.29 is 0 Å². The Balaban J connectivity index is 1.16. The van der Waals surface area contributed by atoms with Gasteiger partial charge in [-0.3, -0.25) is 0 Å². The fraction of sp³-hybridized carbons (Fsp3) is 0.0545. The van der Waals surface area contributed by atoms with E-state index >= 15 is 0 Å². The van der Waals surface area contributed by atoms with E-state index in [0.29, 0.717) is 5.82 Å². The maximum Gasteiger partial charge on any atom is 0.160 e. The van der Waals surface area contributed by atoms with Gasteiger partial charge in [0, 0.05) is 22.1 Å². The van der Waals surface area contributed by atoms with Gasteiger partial charge in [-0.2, -0.15) is 0 Å². The molecule has 11 rings (SSSR count). The molecule has 0 saturated carbocycles.